The summed E-state index contributed by atoms with van der Waals surface area (Å²) in [5.41, 5.74) is 1.87. The maximum atomic E-state index is 11.3. The molecule has 0 bridgehead atoms. The fourth-order valence-electron chi connectivity index (χ4n) is 2.24. The maximum Gasteiger partial charge on any atom is 0.137 e. The molecule has 2 rings (SSSR count). The second-order valence-corrected chi connectivity index (χ2v) is 4.03. The first kappa shape index (κ1) is 9.92. The molecule has 1 aromatic rings. The Balaban J connectivity index is 2.18. The van der Waals surface area contributed by atoms with Crippen LogP contribution >= 0.6 is 0 Å². The molecule has 1 aromatic carbocycles. The SMILES string of the molecule is CCC1C(=O)CC1c1ccc(C#N)cc1. The minimum atomic E-state index is 0.206. The third-order valence-electron chi connectivity index (χ3n) is 3.23. The fourth-order valence-corrected chi connectivity index (χ4v) is 2.24. The number of nitriles is 1. The Kier molecular flexibility index (Phi) is 2.55. The molecule has 2 atom stereocenters. The zero-order chi connectivity index (χ0) is 10.8. The van der Waals surface area contributed by atoms with Crippen LogP contribution in [0, 0.1) is 17.2 Å². The van der Waals surface area contributed by atoms with Gasteiger partial charge in [-0.25, -0.2) is 0 Å². The zero-order valence-electron chi connectivity index (χ0n) is 8.73. The van der Waals surface area contributed by atoms with E-state index in [4.69, 9.17) is 5.26 Å². The molecule has 0 saturated heterocycles. The zero-order valence-corrected chi connectivity index (χ0v) is 8.73. The number of ketones is 1. The standard InChI is InChI=1S/C13H13NO/c1-2-11-12(7-13(11)15)10-5-3-9(8-14)4-6-10/h3-6,11-12H,2,7H2,1H3. The molecule has 2 unspecified atom stereocenters. The number of Topliss-reactive ketones (excluding diaryl/α,β-unsaturated/α-hetero) is 1. The second kappa shape index (κ2) is 3.86. The van der Waals surface area contributed by atoms with Crippen LogP contribution in [-0.2, 0) is 4.79 Å². The molecule has 1 fully saturated rings. The van der Waals surface area contributed by atoms with Gasteiger partial charge in [0.25, 0.3) is 0 Å². The fraction of sp³-hybridized carbons (Fsp3) is 0.385. The van der Waals surface area contributed by atoms with E-state index in [1.807, 2.05) is 24.3 Å². The van der Waals surface area contributed by atoms with Crippen molar-refractivity contribution < 1.29 is 4.79 Å². The summed E-state index contributed by atoms with van der Waals surface area (Å²) in [5, 5.41) is 8.67. The van der Waals surface area contributed by atoms with Crippen LogP contribution in [-0.4, -0.2) is 5.78 Å². The number of rotatable bonds is 2. The molecule has 1 aliphatic rings. The van der Waals surface area contributed by atoms with E-state index in [1.165, 1.54) is 5.56 Å². The van der Waals surface area contributed by atoms with Crippen molar-refractivity contribution in [3.63, 3.8) is 0 Å². The van der Waals surface area contributed by atoms with Gasteiger partial charge in [-0.2, -0.15) is 5.26 Å². The van der Waals surface area contributed by atoms with Crippen LogP contribution < -0.4 is 0 Å². The van der Waals surface area contributed by atoms with E-state index in [0.29, 0.717) is 23.7 Å². The summed E-state index contributed by atoms with van der Waals surface area (Å²) >= 11 is 0. The molecule has 0 heterocycles. The number of hydrogen-bond acceptors (Lipinski definition) is 2. The van der Waals surface area contributed by atoms with Gasteiger partial charge in [-0.15, -0.1) is 0 Å². The Labute approximate surface area is 89.5 Å². The molecule has 15 heavy (non-hydrogen) atoms. The highest BCUT2D eigenvalue weighted by Gasteiger charge is 2.38. The van der Waals surface area contributed by atoms with Gasteiger partial charge in [0.15, 0.2) is 0 Å². The lowest BCUT2D eigenvalue weighted by Crippen LogP contribution is -2.34. The molecule has 0 amide bonds. The summed E-state index contributed by atoms with van der Waals surface area (Å²) in [5.74, 6) is 0.972. The van der Waals surface area contributed by atoms with Gasteiger partial charge >= 0.3 is 0 Å². The molecule has 0 aromatic heterocycles. The molecule has 0 aliphatic heterocycles. The quantitative estimate of drug-likeness (QED) is 0.734. The van der Waals surface area contributed by atoms with Gasteiger partial charge in [0.1, 0.15) is 5.78 Å². The van der Waals surface area contributed by atoms with E-state index < -0.39 is 0 Å². The predicted molar refractivity (Wildman–Crippen MR) is 57.3 cm³/mol. The van der Waals surface area contributed by atoms with Crippen molar-refractivity contribution in [1.82, 2.24) is 0 Å². The van der Waals surface area contributed by atoms with E-state index in [0.717, 1.165) is 6.42 Å². The lowest BCUT2D eigenvalue weighted by atomic mass is 9.68. The van der Waals surface area contributed by atoms with Crippen LogP contribution in [0.5, 0.6) is 0 Å². The maximum absolute atomic E-state index is 11.3. The first-order chi connectivity index (χ1) is 7.26. The summed E-state index contributed by atoms with van der Waals surface area (Å²) in [6.45, 7) is 2.05. The Morgan fingerprint density at radius 2 is 2.07 bits per heavy atom. The number of carbonyl (C=O) groups excluding carboxylic acids is 1. The van der Waals surface area contributed by atoms with E-state index in [-0.39, 0.29) is 5.92 Å². The molecule has 2 nitrogen and oxygen atoms in total. The van der Waals surface area contributed by atoms with Crippen molar-refractivity contribution in [2.45, 2.75) is 25.7 Å². The predicted octanol–water partition coefficient (Wildman–Crippen LogP) is 2.64. The summed E-state index contributed by atoms with van der Waals surface area (Å²) in [4.78, 5) is 11.3. The van der Waals surface area contributed by atoms with Crippen molar-refractivity contribution in [3.8, 4) is 6.07 Å². The van der Waals surface area contributed by atoms with Crippen molar-refractivity contribution in [2.75, 3.05) is 0 Å². The van der Waals surface area contributed by atoms with Gasteiger partial charge in [0.2, 0.25) is 0 Å². The molecule has 0 radical (unpaired) electrons. The van der Waals surface area contributed by atoms with Gasteiger partial charge in [-0.05, 0) is 24.1 Å². The highest BCUT2D eigenvalue weighted by Crippen LogP contribution is 2.41. The van der Waals surface area contributed by atoms with Crippen molar-refractivity contribution >= 4 is 5.78 Å². The molecular weight excluding hydrogens is 186 g/mol. The van der Waals surface area contributed by atoms with E-state index in [9.17, 15) is 4.79 Å². The number of hydrogen-bond donors (Lipinski definition) is 0. The van der Waals surface area contributed by atoms with Gasteiger partial charge < -0.3 is 0 Å². The first-order valence-corrected chi connectivity index (χ1v) is 5.29. The summed E-state index contributed by atoms with van der Waals surface area (Å²) < 4.78 is 0. The third-order valence-corrected chi connectivity index (χ3v) is 3.23. The van der Waals surface area contributed by atoms with Gasteiger partial charge in [-0.3, -0.25) is 4.79 Å². The lowest BCUT2D eigenvalue weighted by molar-refractivity contribution is -0.131. The van der Waals surface area contributed by atoms with Crippen LogP contribution in [0.4, 0.5) is 0 Å². The van der Waals surface area contributed by atoms with Crippen molar-refractivity contribution in [2.24, 2.45) is 5.92 Å². The summed E-state index contributed by atoms with van der Waals surface area (Å²) in [6.07, 6.45) is 1.59. The average Bonchev–Trinajstić information content (AvgIpc) is 2.26. The molecule has 2 heteroatoms. The Bertz CT molecular complexity index is 413. The Morgan fingerprint density at radius 1 is 1.40 bits per heavy atom. The Hall–Kier alpha value is -1.62. The molecule has 0 N–H and O–H groups in total. The summed E-state index contributed by atoms with van der Waals surface area (Å²) in [7, 11) is 0. The molecule has 76 valence electrons. The van der Waals surface area contributed by atoms with Crippen LogP contribution in [0.15, 0.2) is 24.3 Å². The third kappa shape index (κ3) is 1.66. The molecule has 0 spiro atoms. The van der Waals surface area contributed by atoms with Crippen molar-refractivity contribution in [3.05, 3.63) is 35.4 Å². The first-order valence-electron chi connectivity index (χ1n) is 5.29. The minimum absolute atomic E-state index is 0.206. The summed E-state index contributed by atoms with van der Waals surface area (Å²) in [6, 6.07) is 9.69. The largest absolute Gasteiger partial charge is 0.299 e. The number of carbonyl (C=O) groups is 1. The molecular formula is C13H13NO. The van der Waals surface area contributed by atoms with Crippen LogP contribution in [0.25, 0.3) is 0 Å². The van der Waals surface area contributed by atoms with Gasteiger partial charge in [-0.1, -0.05) is 19.1 Å². The van der Waals surface area contributed by atoms with E-state index in [1.54, 1.807) is 0 Å². The van der Waals surface area contributed by atoms with Gasteiger partial charge in [0, 0.05) is 18.3 Å². The van der Waals surface area contributed by atoms with Crippen LogP contribution in [0.3, 0.4) is 0 Å². The molecule has 1 saturated carbocycles. The topological polar surface area (TPSA) is 40.9 Å². The average molecular weight is 199 g/mol. The van der Waals surface area contributed by atoms with Crippen LogP contribution in [0.2, 0.25) is 0 Å². The minimum Gasteiger partial charge on any atom is -0.299 e. The Morgan fingerprint density at radius 3 is 2.53 bits per heavy atom. The van der Waals surface area contributed by atoms with E-state index in [2.05, 4.69) is 13.0 Å². The molecule has 1 aliphatic carbocycles. The monoisotopic (exact) mass is 199 g/mol. The highest BCUT2D eigenvalue weighted by molar-refractivity contribution is 5.89. The number of nitrogens with zero attached hydrogens (tertiary/aromatic N) is 1. The smallest absolute Gasteiger partial charge is 0.137 e. The van der Waals surface area contributed by atoms with Crippen LogP contribution in [0.1, 0.15) is 36.8 Å². The second-order valence-electron chi connectivity index (χ2n) is 4.03. The normalized spacial score (nSPS) is 24.4. The number of benzene rings is 1. The van der Waals surface area contributed by atoms with E-state index >= 15 is 0 Å². The highest BCUT2D eigenvalue weighted by atomic mass is 16.1. The van der Waals surface area contributed by atoms with Gasteiger partial charge in [0.05, 0.1) is 11.6 Å². The lowest BCUT2D eigenvalue weighted by Gasteiger charge is -2.34. The van der Waals surface area contributed by atoms with Crippen molar-refractivity contribution in [1.29, 1.82) is 5.26 Å².